The van der Waals surface area contributed by atoms with Crippen molar-refractivity contribution in [2.24, 2.45) is 0 Å². The summed E-state index contributed by atoms with van der Waals surface area (Å²) in [5, 5.41) is 0. The van der Waals surface area contributed by atoms with Crippen LogP contribution in [0, 0.1) is 11.8 Å². The maximum Gasteiger partial charge on any atom is 0.303 e. The minimum absolute atomic E-state index is 0.0596. The first-order valence-electron chi connectivity index (χ1n) is 7.18. The smallest absolute Gasteiger partial charge is 0.303 e. The summed E-state index contributed by atoms with van der Waals surface area (Å²) in [6, 6.07) is 19.5. The van der Waals surface area contributed by atoms with Gasteiger partial charge in [-0.25, -0.2) is 0 Å². The van der Waals surface area contributed by atoms with Crippen LogP contribution in [0.15, 0.2) is 60.7 Å². The molecule has 3 atom stereocenters. The van der Waals surface area contributed by atoms with Gasteiger partial charge in [0, 0.05) is 12.5 Å². The lowest BCUT2D eigenvalue weighted by Gasteiger charge is -2.08. The first kappa shape index (κ1) is 14.4. The zero-order chi connectivity index (χ0) is 15.4. The quantitative estimate of drug-likeness (QED) is 0.496. The van der Waals surface area contributed by atoms with Crippen LogP contribution >= 0.6 is 0 Å². The minimum atomic E-state index is -0.553. The summed E-state index contributed by atoms with van der Waals surface area (Å²) in [4.78, 5) is 11.3. The molecular weight excluding hydrogens is 276 g/mol. The maximum absolute atomic E-state index is 11.3. The van der Waals surface area contributed by atoms with E-state index in [1.54, 1.807) is 0 Å². The number of ether oxygens (including phenoxy) is 2. The van der Waals surface area contributed by atoms with E-state index in [1.807, 2.05) is 60.7 Å². The van der Waals surface area contributed by atoms with Gasteiger partial charge in [-0.3, -0.25) is 4.79 Å². The Labute approximate surface area is 129 Å². The molecule has 2 aromatic carbocycles. The van der Waals surface area contributed by atoms with E-state index >= 15 is 0 Å². The summed E-state index contributed by atoms with van der Waals surface area (Å²) in [7, 11) is 0. The number of benzene rings is 2. The summed E-state index contributed by atoms with van der Waals surface area (Å²) in [5.41, 5.74) is 1.96. The van der Waals surface area contributed by atoms with Gasteiger partial charge in [-0.2, -0.15) is 0 Å². The molecule has 3 rings (SSSR count). The number of rotatable bonds is 3. The van der Waals surface area contributed by atoms with E-state index in [9.17, 15) is 4.79 Å². The fourth-order valence-corrected chi connectivity index (χ4v) is 2.30. The minimum Gasteiger partial charge on any atom is -0.446 e. The van der Waals surface area contributed by atoms with E-state index < -0.39 is 6.10 Å². The summed E-state index contributed by atoms with van der Waals surface area (Å²) in [5.74, 6) is 5.70. The second-order valence-corrected chi connectivity index (χ2v) is 5.10. The zero-order valence-electron chi connectivity index (χ0n) is 12.2. The first-order chi connectivity index (χ1) is 10.7. The lowest BCUT2D eigenvalue weighted by Crippen LogP contribution is -2.21. The van der Waals surface area contributed by atoms with Crippen molar-refractivity contribution in [3.63, 3.8) is 0 Å². The lowest BCUT2D eigenvalue weighted by atomic mass is 10.1. The molecule has 1 fully saturated rings. The summed E-state index contributed by atoms with van der Waals surface area (Å²) >= 11 is 0. The van der Waals surface area contributed by atoms with Crippen molar-refractivity contribution >= 4 is 5.97 Å². The molecule has 0 aliphatic carbocycles. The maximum atomic E-state index is 11.3. The third-order valence-corrected chi connectivity index (χ3v) is 3.38. The average Bonchev–Trinajstić information content (AvgIpc) is 3.33. The van der Waals surface area contributed by atoms with Crippen molar-refractivity contribution in [3.05, 3.63) is 71.8 Å². The van der Waals surface area contributed by atoms with Gasteiger partial charge in [-0.15, -0.1) is 0 Å². The van der Waals surface area contributed by atoms with Crippen molar-refractivity contribution in [3.8, 4) is 11.8 Å². The average molecular weight is 292 g/mol. The van der Waals surface area contributed by atoms with Crippen LogP contribution in [-0.2, 0) is 14.3 Å². The Balaban J connectivity index is 1.75. The Morgan fingerprint density at radius 2 is 1.73 bits per heavy atom. The number of esters is 1. The SMILES string of the molecule is CC(=O)OC(C#Cc1ccccc1)[C@H]1O[C@@H]1c1ccccc1. The van der Waals surface area contributed by atoms with Crippen LogP contribution in [0.4, 0.5) is 0 Å². The lowest BCUT2D eigenvalue weighted by molar-refractivity contribution is -0.144. The molecule has 0 radical (unpaired) electrons. The highest BCUT2D eigenvalue weighted by Gasteiger charge is 2.47. The number of hydrogen-bond acceptors (Lipinski definition) is 3. The molecule has 0 spiro atoms. The van der Waals surface area contributed by atoms with Crippen LogP contribution in [0.25, 0.3) is 0 Å². The Bertz CT molecular complexity index is 698. The van der Waals surface area contributed by atoms with Crippen molar-refractivity contribution in [2.45, 2.75) is 25.2 Å². The van der Waals surface area contributed by atoms with E-state index in [2.05, 4.69) is 11.8 Å². The van der Waals surface area contributed by atoms with Crippen LogP contribution in [0.5, 0.6) is 0 Å². The highest BCUT2D eigenvalue weighted by atomic mass is 16.6. The predicted octanol–water partition coefficient (Wildman–Crippen LogP) is 3.11. The third kappa shape index (κ3) is 3.55. The van der Waals surface area contributed by atoms with Gasteiger partial charge < -0.3 is 9.47 Å². The number of carbonyl (C=O) groups is 1. The summed E-state index contributed by atoms with van der Waals surface area (Å²) in [6.45, 7) is 1.39. The highest BCUT2D eigenvalue weighted by Crippen LogP contribution is 2.41. The van der Waals surface area contributed by atoms with Crippen LogP contribution in [0.3, 0.4) is 0 Å². The van der Waals surface area contributed by atoms with E-state index in [-0.39, 0.29) is 18.2 Å². The van der Waals surface area contributed by atoms with Gasteiger partial charge in [0.05, 0.1) is 0 Å². The number of epoxide rings is 1. The van der Waals surface area contributed by atoms with Gasteiger partial charge in [-0.1, -0.05) is 60.4 Å². The molecule has 1 saturated heterocycles. The van der Waals surface area contributed by atoms with E-state index in [0.717, 1.165) is 11.1 Å². The summed E-state index contributed by atoms with van der Waals surface area (Å²) in [6.07, 6.45) is -0.818. The van der Waals surface area contributed by atoms with Crippen molar-refractivity contribution in [1.82, 2.24) is 0 Å². The van der Waals surface area contributed by atoms with Gasteiger partial charge in [0.25, 0.3) is 0 Å². The molecule has 0 N–H and O–H groups in total. The molecule has 22 heavy (non-hydrogen) atoms. The molecule has 110 valence electrons. The molecule has 3 heteroatoms. The number of hydrogen-bond donors (Lipinski definition) is 0. The van der Waals surface area contributed by atoms with Crippen molar-refractivity contribution in [2.75, 3.05) is 0 Å². The van der Waals surface area contributed by atoms with Gasteiger partial charge in [-0.05, 0) is 17.7 Å². The molecule has 2 aromatic rings. The molecule has 0 aromatic heterocycles. The second-order valence-electron chi connectivity index (χ2n) is 5.10. The van der Waals surface area contributed by atoms with Crippen molar-refractivity contribution in [1.29, 1.82) is 0 Å². The standard InChI is InChI=1S/C19H16O3/c1-14(20)21-17(13-12-15-8-4-2-5-9-15)19-18(22-19)16-10-6-3-7-11-16/h2-11,17-19H,1H3/t17?,18-,19-/m1/s1. The van der Waals surface area contributed by atoms with Gasteiger partial charge in [0.1, 0.15) is 12.2 Å². The van der Waals surface area contributed by atoms with E-state index in [1.165, 1.54) is 6.92 Å². The third-order valence-electron chi connectivity index (χ3n) is 3.38. The van der Waals surface area contributed by atoms with Gasteiger partial charge in [0.15, 0.2) is 6.10 Å². The summed E-state index contributed by atoms with van der Waals surface area (Å²) < 4.78 is 11.0. The largest absolute Gasteiger partial charge is 0.446 e. The second kappa shape index (κ2) is 6.46. The first-order valence-corrected chi connectivity index (χ1v) is 7.18. The Kier molecular flexibility index (Phi) is 4.22. The highest BCUT2D eigenvalue weighted by molar-refractivity contribution is 5.66. The Morgan fingerprint density at radius 3 is 2.36 bits per heavy atom. The van der Waals surface area contributed by atoms with Crippen LogP contribution in [-0.4, -0.2) is 18.2 Å². The van der Waals surface area contributed by atoms with E-state index in [0.29, 0.717) is 0 Å². The van der Waals surface area contributed by atoms with Crippen LogP contribution in [0.2, 0.25) is 0 Å². The van der Waals surface area contributed by atoms with Gasteiger partial charge in [0.2, 0.25) is 0 Å². The zero-order valence-corrected chi connectivity index (χ0v) is 12.2. The van der Waals surface area contributed by atoms with E-state index in [4.69, 9.17) is 9.47 Å². The Morgan fingerprint density at radius 1 is 1.09 bits per heavy atom. The molecule has 1 unspecified atom stereocenters. The molecule has 0 saturated carbocycles. The molecule has 1 aliphatic heterocycles. The molecule has 1 aliphatic rings. The molecular formula is C19H16O3. The number of carbonyl (C=O) groups excluding carboxylic acids is 1. The fraction of sp³-hybridized carbons (Fsp3) is 0.211. The predicted molar refractivity (Wildman–Crippen MR) is 82.9 cm³/mol. The topological polar surface area (TPSA) is 38.8 Å². The van der Waals surface area contributed by atoms with Gasteiger partial charge >= 0.3 is 5.97 Å². The fourth-order valence-electron chi connectivity index (χ4n) is 2.30. The Hall–Kier alpha value is -2.57. The molecule has 3 nitrogen and oxygen atoms in total. The molecule has 0 amide bonds. The molecule has 0 bridgehead atoms. The monoisotopic (exact) mass is 292 g/mol. The molecule has 1 heterocycles. The van der Waals surface area contributed by atoms with Crippen LogP contribution < -0.4 is 0 Å². The van der Waals surface area contributed by atoms with Crippen molar-refractivity contribution < 1.29 is 14.3 Å². The van der Waals surface area contributed by atoms with Crippen LogP contribution in [0.1, 0.15) is 24.2 Å². The normalized spacial score (nSPS) is 20.4.